The molecular weight excluding hydrogens is 194 g/mol. The summed E-state index contributed by atoms with van der Waals surface area (Å²) < 4.78 is 0. The van der Waals surface area contributed by atoms with Crippen molar-refractivity contribution in [2.24, 2.45) is 5.92 Å². The molecule has 1 aliphatic heterocycles. The molecule has 1 heterocycles. The second-order valence-corrected chi connectivity index (χ2v) is 4.13. The van der Waals surface area contributed by atoms with Crippen LogP contribution in [-0.4, -0.2) is 23.5 Å². The Morgan fingerprint density at radius 2 is 1.87 bits per heavy atom. The summed E-state index contributed by atoms with van der Waals surface area (Å²) in [6.07, 6.45) is 5.40. The largest absolute Gasteiger partial charge is 0.481 e. The van der Waals surface area contributed by atoms with E-state index >= 15 is 0 Å². The summed E-state index contributed by atoms with van der Waals surface area (Å²) in [4.78, 5) is 22.1. The first-order valence-electron chi connectivity index (χ1n) is 5.69. The van der Waals surface area contributed by atoms with Crippen molar-refractivity contribution in [2.45, 2.75) is 44.9 Å². The van der Waals surface area contributed by atoms with E-state index < -0.39 is 5.97 Å². The summed E-state index contributed by atoms with van der Waals surface area (Å²) in [5.41, 5.74) is 0. The average Bonchev–Trinajstić information content (AvgIpc) is 2.23. The van der Waals surface area contributed by atoms with E-state index in [1.807, 2.05) is 0 Å². The molecule has 0 saturated carbocycles. The zero-order valence-electron chi connectivity index (χ0n) is 9.00. The van der Waals surface area contributed by atoms with Gasteiger partial charge in [-0.25, -0.2) is 0 Å². The highest BCUT2D eigenvalue weighted by molar-refractivity contribution is 5.75. The highest BCUT2D eigenvalue weighted by Crippen LogP contribution is 2.17. The Balaban J connectivity index is 2.40. The summed E-state index contributed by atoms with van der Waals surface area (Å²) in [5, 5.41) is 11.8. The molecule has 0 radical (unpaired) electrons. The van der Waals surface area contributed by atoms with E-state index in [0.717, 1.165) is 32.1 Å². The molecule has 0 aromatic heterocycles. The summed E-state index contributed by atoms with van der Waals surface area (Å²) >= 11 is 0. The molecule has 15 heavy (non-hydrogen) atoms. The molecule has 1 unspecified atom stereocenters. The third-order valence-corrected chi connectivity index (χ3v) is 2.86. The predicted molar refractivity (Wildman–Crippen MR) is 56.5 cm³/mol. The number of carboxylic acid groups (broad SMARTS) is 1. The van der Waals surface area contributed by atoms with E-state index in [1.165, 1.54) is 0 Å². The lowest BCUT2D eigenvalue weighted by Crippen LogP contribution is -2.23. The summed E-state index contributed by atoms with van der Waals surface area (Å²) in [6.45, 7) is 0.686. The van der Waals surface area contributed by atoms with E-state index in [0.29, 0.717) is 19.4 Å². The van der Waals surface area contributed by atoms with Crippen LogP contribution in [0.1, 0.15) is 44.9 Å². The first-order chi connectivity index (χ1) is 7.20. The normalized spacial score (nSPS) is 25.1. The minimum Gasteiger partial charge on any atom is -0.481 e. The van der Waals surface area contributed by atoms with Crippen molar-refractivity contribution in [3.8, 4) is 0 Å². The van der Waals surface area contributed by atoms with E-state index in [-0.39, 0.29) is 11.8 Å². The fraction of sp³-hybridized carbons (Fsp3) is 0.818. The lowest BCUT2D eigenvalue weighted by atomic mass is 9.96. The highest BCUT2D eigenvalue weighted by atomic mass is 16.4. The van der Waals surface area contributed by atoms with Crippen LogP contribution >= 0.6 is 0 Å². The zero-order chi connectivity index (χ0) is 11.1. The second-order valence-electron chi connectivity index (χ2n) is 4.13. The SMILES string of the molecule is O=C1CCCCC(C(=O)O)CCCCN1. The van der Waals surface area contributed by atoms with Crippen molar-refractivity contribution in [2.75, 3.05) is 6.54 Å². The first kappa shape index (κ1) is 12.0. The Morgan fingerprint density at radius 1 is 1.20 bits per heavy atom. The van der Waals surface area contributed by atoms with Gasteiger partial charge >= 0.3 is 5.97 Å². The lowest BCUT2D eigenvalue weighted by Gasteiger charge is -2.10. The van der Waals surface area contributed by atoms with Gasteiger partial charge in [0.2, 0.25) is 5.91 Å². The number of hydrogen-bond donors (Lipinski definition) is 2. The van der Waals surface area contributed by atoms with E-state index in [1.54, 1.807) is 0 Å². The van der Waals surface area contributed by atoms with Gasteiger partial charge in [0.25, 0.3) is 0 Å². The van der Waals surface area contributed by atoms with Crippen molar-refractivity contribution in [3.05, 3.63) is 0 Å². The van der Waals surface area contributed by atoms with Gasteiger partial charge in [0, 0.05) is 13.0 Å². The minimum atomic E-state index is -0.687. The van der Waals surface area contributed by atoms with Crippen LogP contribution in [-0.2, 0) is 9.59 Å². The van der Waals surface area contributed by atoms with Crippen molar-refractivity contribution in [3.63, 3.8) is 0 Å². The molecule has 0 aliphatic carbocycles. The number of carbonyl (C=O) groups excluding carboxylic acids is 1. The van der Waals surface area contributed by atoms with Crippen LogP contribution in [0.15, 0.2) is 0 Å². The molecule has 0 aromatic carbocycles. The maximum absolute atomic E-state index is 11.2. The smallest absolute Gasteiger partial charge is 0.306 e. The molecule has 1 saturated heterocycles. The number of carbonyl (C=O) groups is 2. The monoisotopic (exact) mass is 213 g/mol. The van der Waals surface area contributed by atoms with Gasteiger partial charge in [-0.15, -0.1) is 0 Å². The van der Waals surface area contributed by atoms with E-state index in [2.05, 4.69) is 5.32 Å². The van der Waals surface area contributed by atoms with E-state index in [4.69, 9.17) is 5.11 Å². The Kier molecular flexibility index (Phi) is 5.15. The molecule has 0 bridgehead atoms. The Hall–Kier alpha value is -1.06. The Labute approximate surface area is 90.0 Å². The molecule has 1 aliphatic rings. The van der Waals surface area contributed by atoms with Crippen LogP contribution in [0.4, 0.5) is 0 Å². The topological polar surface area (TPSA) is 66.4 Å². The predicted octanol–water partition coefficient (Wildman–Crippen LogP) is 1.55. The number of amides is 1. The summed E-state index contributed by atoms with van der Waals surface area (Å²) in [7, 11) is 0. The van der Waals surface area contributed by atoms with Crippen LogP contribution in [0.2, 0.25) is 0 Å². The summed E-state index contributed by atoms with van der Waals surface area (Å²) in [6, 6.07) is 0. The number of aliphatic carboxylic acids is 1. The van der Waals surface area contributed by atoms with Gasteiger partial charge in [-0.3, -0.25) is 9.59 Å². The van der Waals surface area contributed by atoms with Crippen LogP contribution < -0.4 is 5.32 Å². The molecule has 0 spiro atoms. The summed E-state index contributed by atoms with van der Waals surface area (Å²) in [5.74, 6) is -0.796. The molecule has 2 N–H and O–H groups in total. The van der Waals surface area contributed by atoms with Crippen LogP contribution in [0.25, 0.3) is 0 Å². The van der Waals surface area contributed by atoms with Gasteiger partial charge in [-0.1, -0.05) is 12.8 Å². The average molecular weight is 213 g/mol. The first-order valence-corrected chi connectivity index (χ1v) is 5.69. The molecule has 1 rings (SSSR count). The van der Waals surface area contributed by atoms with Gasteiger partial charge in [0.05, 0.1) is 5.92 Å². The maximum atomic E-state index is 11.2. The number of nitrogens with one attached hydrogen (secondary N) is 1. The van der Waals surface area contributed by atoms with Crippen molar-refractivity contribution >= 4 is 11.9 Å². The minimum absolute atomic E-state index is 0.101. The fourth-order valence-electron chi connectivity index (χ4n) is 1.90. The van der Waals surface area contributed by atoms with Crippen LogP contribution in [0.5, 0.6) is 0 Å². The molecule has 1 amide bonds. The van der Waals surface area contributed by atoms with Gasteiger partial charge in [0.15, 0.2) is 0 Å². The van der Waals surface area contributed by atoms with Gasteiger partial charge < -0.3 is 10.4 Å². The highest BCUT2D eigenvalue weighted by Gasteiger charge is 2.17. The molecule has 0 aromatic rings. The molecule has 1 atom stereocenters. The van der Waals surface area contributed by atoms with E-state index in [9.17, 15) is 9.59 Å². The third kappa shape index (κ3) is 4.81. The number of carboxylic acids is 1. The van der Waals surface area contributed by atoms with Gasteiger partial charge in [-0.05, 0) is 25.7 Å². The maximum Gasteiger partial charge on any atom is 0.306 e. The Bertz CT molecular complexity index is 228. The van der Waals surface area contributed by atoms with Crippen LogP contribution in [0.3, 0.4) is 0 Å². The molecule has 86 valence electrons. The van der Waals surface area contributed by atoms with Crippen molar-refractivity contribution in [1.29, 1.82) is 0 Å². The zero-order valence-corrected chi connectivity index (χ0v) is 9.00. The van der Waals surface area contributed by atoms with Gasteiger partial charge in [0.1, 0.15) is 0 Å². The molecule has 1 fully saturated rings. The Morgan fingerprint density at radius 3 is 2.53 bits per heavy atom. The standard InChI is InChI=1S/C11H19NO3/c13-10-7-2-1-5-9(11(14)15)6-3-4-8-12-10/h9H,1-8H2,(H,12,13)(H,14,15). The van der Waals surface area contributed by atoms with Crippen molar-refractivity contribution in [1.82, 2.24) is 5.32 Å². The quantitative estimate of drug-likeness (QED) is 0.694. The van der Waals surface area contributed by atoms with Gasteiger partial charge in [-0.2, -0.15) is 0 Å². The lowest BCUT2D eigenvalue weighted by molar-refractivity contribution is -0.142. The molecule has 4 heteroatoms. The number of hydrogen-bond acceptors (Lipinski definition) is 2. The number of rotatable bonds is 1. The fourth-order valence-corrected chi connectivity index (χ4v) is 1.90. The molecular formula is C11H19NO3. The molecule has 4 nitrogen and oxygen atoms in total. The second kappa shape index (κ2) is 6.43. The van der Waals surface area contributed by atoms with Crippen molar-refractivity contribution < 1.29 is 14.7 Å². The van der Waals surface area contributed by atoms with Crippen LogP contribution in [0, 0.1) is 5.92 Å². The third-order valence-electron chi connectivity index (χ3n) is 2.86.